The second-order valence-corrected chi connectivity index (χ2v) is 13.4. The molecular formula is C29H40N2S. The van der Waals surface area contributed by atoms with Gasteiger partial charge in [0.15, 0.2) is 0 Å². The van der Waals surface area contributed by atoms with Crippen LogP contribution in [0.4, 0.5) is 5.69 Å². The first kappa shape index (κ1) is 24.4. The van der Waals surface area contributed by atoms with Gasteiger partial charge in [0, 0.05) is 36.5 Å². The van der Waals surface area contributed by atoms with E-state index in [-0.39, 0.29) is 5.92 Å². The molecule has 3 rings (SSSR count). The molecule has 2 unspecified atom stereocenters. The molecule has 1 aromatic carbocycles. The molecule has 0 radical (unpaired) electrons. The highest BCUT2D eigenvalue weighted by atomic mass is 32.3. The molecular weight excluding hydrogens is 408 g/mol. The minimum absolute atomic E-state index is 0.288. The van der Waals surface area contributed by atoms with Crippen LogP contribution in [-0.4, -0.2) is 30.3 Å². The molecule has 3 heteroatoms. The molecule has 1 N–H and O–H groups in total. The van der Waals surface area contributed by atoms with E-state index in [1.54, 1.807) is 9.80 Å². The lowest BCUT2D eigenvalue weighted by atomic mass is 9.75. The van der Waals surface area contributed by atoms with Gasteiger partial charge in [-0.3, -0.25) is 4.99 Å². The molecule has 0 saturated carbocycles. The largest absolute Gasteiger partial charge is 0.388 e. The van der Waals surface area contributed by atoms with E-state index in [9.17, 15) is 0 Å². The van der Waals surface area contributed by atoms with Crippen LogP contribution in [0.5, 0.6) is 0 Å². The predicted molar refractivity (Wildman–Crippen MR) is 147 cm³/mol. The van der Waals surface area contributed by atoms with Crippen LogP contribution in [0.3, 0.4) is 0 Å². The topological polar surface area (TPSA) is 24.4 Å². The van der Waals surface area contributed by atoms with Crippen molar-refractivity contribution in [3.63, 3.8) is 0 Å². The Bertz CT molecular complexity index is 1030. The van der Waals surface area contributed by atoms with Crippen LogP contribution in [0.25, 0.3) is 0 Å². The summed E-state index contributed by atoms with van der Waals surface area (Å²) in [6.45, 7) is 18.0. The molecule has 1 heterocycles. The van der Waals surface area contributed by atoms with Gasteiger partial charge in [-0.25, -0.2) is 0 Å². The molecule has 172 valence electrons. The third-order valence-electron chi connectivity index (χ3n) is 7.06. The number of benzene rings is 1. The lowest BCUT2D eigenvalue weighted by molar-refractivity contribution is 0.637. The lowest BCUT2D eigenvalue weighted by Crippen LogP contribution is -2.35. The van der Waals surface area contributed by atoms with E-state index >= 15 is 0 Å². The summed E-state index contributed by atoms with van der Waals surface area (Å²) in [6, 6.07) is 7.07. The molecule has 0 fully saturated rings. The summed E-state index contributed by atoms with van der Waals surface area (Å²) in [7, 11) is 2.67. The second kappa shape index (κ2) is 9.70. The number of hydrogen-bond acceptors (Lipinski definition) is 2. The predicted octanol–water partition coefficient (Wildman–Crippen LogP) is 8.03. The first-order valence-electron chi connectivity index (χ1n) is 11.7. The van der Waals surface area contributed by atoms with Gasteiger partial charge in [-0.1, -0.05) is 64.6 Å². The first-order valence-corrected chi connectivity index (χ1v) is 13.5. The van der Waals surface area contributed by atoms with Crippen molar-refractivity contribution in [2.24, 2.45) is 10.9 Å². The third kappa shape index (κ3) is 3.75. The summed E-state index contributed by atoms with van der Waals surface area (Å²) in [5.41, 5.74) is 6.43. The van der Waals surface area contributed by atoms with Gasteiger partial charge in [0.05, 0.1) is 5.71 Å². The zero-order valence-electron chi connectivity index (χ0n) is 21.1. The van der Waals surface area contributed by atoms with Crippen molar-refractivity contribution in [3.8, 4) is 0 Å². The minimum atomic E-state index is -1.26. The van der Waals surface area contributed by atoms with Gasteiger partial charge in [-0.15, -0.1) is 0 Å². The number of nitrogens with zero attached hydrogens (tertiary/aromatic N) is 1. The smallest absolute Gasteiger partial charge is 0.0575 e. The van der Waals surface area contributed by atoms with Crippen molar-refractivity contribution >= 4 is 21.4 Å². The van der Waals surface area contributed by atoms with Crippen LogP contribution in [0.15, 0.2) is 87.2 Å². The van der Waals surface area contributed by atoms with E-state index in [0.717, 1.165) is 5.71 Å². The summed E-state index contributed by atoms with van der Waals surface area (Å²) >= 11 is 0. The Morgan fingerprint density at radius 1 is 1.19 bits per heavy atom. The Balaban J connectivity index is 2.47. The van der Waals surface area contributed by atoms with Gasteiger partial charge in [0.2, 0.25) is 0 Å². The molecule has 2 aliphatic rings. The highest BCUT2D eigenvalue weighted by Gasteiger charge is 2.49. The second-order valence-electron chi connectivity index (χ2n) is 9.20. The molecule has 0 amide bonds. The number of anilines is 1. The van der Waals surface area contributed by atoms with E-state index in [4.69, 9.17) is 0 Å². The summed E-state index contributed by atoms with van der Waals surface area (Å²) in [4.78, 5) is 7.71. The molecule has 0 spiro atoms. The van der Waals surface area contributed by atoms with Gasteiger partial charge in [0.1, 0.15) is 0 Å². The fourth-order valence-electron chi connectivity index (χ4n) is 5.77. The van der Waals surface area contributed by atoms with Gasteiger partial charge < -0.3 is 5.32 Å². The van der Waals surface area contributed by atoms with Crippen LogP contribution in [0.1, 0.15) is 53.0 Å². The summed E-state index contributed by atoms with van der Waals surface area (Å²) < 4.78 is 0. The van der Waals surface area contributed by atoms with E-state index in [1.165, 1.54) is 22.4 Å². The highest BCUT2D eigenvalue weighted by molar-refractivity contribution is 8.37. The van der Waals surface area contributed by atoms with Gasteiger partial charge >= 0.3 is 0 Å². The Labute approximate surface area is 197 Å². The van der Waals surface area contributed by atoms with Gasteiger partial charge in [0.25, 0.3) is 0 Å². The normalized spacial score (nSPS) is 24.8. The average Bonchev–Trinajstić information content (AvgIpc) is 2.78. The van der Waals surface area contributed by atoms with E-state index in [0.29, 0.717) is 16.4 Å². The minimum Gasteiger partial charge on any atom is -0.388 e. The summed E-state index contributed by atoms with van der Waals surface area (Å²) in [6.07, 6.45) is 13.4. The zero-order chi connectivity index (χ0) is 23.6. The van der Waals surface area contributed by atoms with Crippen molar-refractivity contribution in [2.45, 2.75) is 62.9 Å². The molecule has 2 atom stereocenters. The quantitative estimate of drug-likeness (QED) is 0.438. The standard InChI is InChI=1S/C29H40N2S/c1-10-12-21(7)24(11-2)29-25-15-13-22(30-8)17-27(25)32(19(3)4,20(5)6)28-18-23(31-9)14-16-26(28)29/h10-20,25,29,31H,1H2,2-9H3/b21-12-,24-11+,30-22?. The molecule has 1 aromatic rings. The van der Waals surface area contributed by atoms with Crippen molar-refractivity contribution in [3.05, 3.63) is 82.8 Å². The van der Waals surface area contributed by atoms with E-state index in [1.807, 2.05) is 20.2 Å². The van der Waals surface area contributed by atoms with Gasteiger partial charge in [-0.2, -0.15) is 10.0 Å². The van der Waals surface area contributed by atoms with Gasteiger partial charge in [-0.05, 0) is 70.2 Å². The molecule has 1 aliphatic carbocycles. The van der Waals surface area contributed by atoms with Crippen molar-refractivity contribution in [2.75, 3.05) is 19.4 Å². The number of fused-ring (bicyclic) bond motifs is 2. The molecule has 1 aliphatic heterocycles. The highest BCUT2D eigenvalue weighted by Crippen LogP contribution is 2.76. The number of nitrogens with one attached hydrogen (secondary N) is 1. The zero-order valence-corrected chi connectivity index (χ0v) is 21.9. The first-order chi connectivity index (χ1) is 15.3. The van der Waals surface area contributed by atoms with Crippen molar-refractivity contribution < 1.29 is 0 Å². The van der Waals surface area contributed by atoms with Crippen LogP contribution >= 0.6 is 10.0 Å². The third-order valence-corrected chi connectivity index (χ3v) is 12.3. The van der Waals surface area contributed by atoms with E-state index < -0.39 is 10.0 Å². The molecule has 0 aromatic heterocycles. The molecule has 32 heavy (non-hydrogen) atoms. The molecule has 0 bridgehead atoms. The number of rotatable bonds is 6. The molecule has 0 saturated heterocycles. The average molecular weight is 449 g/mol. The fraction of sp³-hybridized carbons (Fsp3) is 0.414. The Morgan fingerprint density at radius 3 is 2.41 bits per heavy atom. The van der Waals surface area contributed by atoms with Crippen LogP contribution in [-0.2, 0) is 0 Å². The SMILES string of the molecule is C=C/C=C(C)\C(=C/C)C1c2ccc(NC)cc2S(C(C)C)(C(C)C)C2=CC(=NC)C=CC21. The Morgan fingerprint density at radius 2 is 1.88 bits per heavy atom. The number of aliphatic imine (C=N–C) groups is 1. The Kier molecular flexibility index (Phi) is 7.39. The fourth-order valence-corrected chi connectivity index (χ4v) is 11.1. The van der Waals surface area contributed by atoms with Crippen LogP contribution in [0.2, 0.25) is 0 Å². The van der Waals surface area contributed by atoms with E-state index in [2.05, 4.69) is 107 Å². The van der Waals surface area contributed by atoms with Crippen molar-refractivity contribution in [1.82, 2.24) is 0 Å². The number of allylic oxidation sites excluding steroid dienone is 9. The lowest BCUT2D eigenvalue weighted by Gasteiger charge is -2.58. The maximum absolute atomic E-state index is 4.58. The summed E-state index contributed by atoms with van der Waals surface area (Å²) in [5, 5.41) is 4.47. The molecule has 2 nitrogen and oxygen atoms in total. The van der Waals surface area contributed by atoms with Crippen LogP contribution < -0.4 is 5.32 Å². The van der Waals surface area contributed by atoms with Crippen LogP contribution in [0, 0.1) is 5.92 Å². The Hall–Kier alpha value is -2.26. The monoisotopic (exact) mass is 448 g/mol. The maximum atomic E-state index is 4.58. The number of hydrogen-bond donors (Lipinski definition) is 1. The van der Waals surface area contributed by atoms with Crippen molar-refractivity contribution in [1.29, 1.82) is 0 Å². The summed E-state index contributed by atoms with van der Waals surface area (Å²) in [5.74, 6) is 0.628. The maximum Gasteiger partial charge on any atom is 0.0575 e.